The Morgan fingerprint density at radius 2 is 2.12 bits per heavy atom. The summed E-state index contributed by atoms with van der Waals surface area (Å²) in [7, 11) is 6.31. The van der Waals surface area contributed by atoms with Crippen molar-refractivity contribution in [3.05, 3.63) is 11.1 Å². The SMILES string of the molecule is CN(C)CCN(C)c1nc(CNC2CC2)cs1. The summed E-state index contributed by atoms with van der Waals surface area (Å²) >= 11 is 1.74. The van der Waals surface area contributed by atoms with E-state index in [9.17, 15) is 0 Å². The van der Waals surface area contributed by atoms with E-state index in [4.69, 9.17) is 0 Å². The van der Waals surface area contributed by atoms with E-state index in [0.717, 1.165) is 30.8 Å². The number of hydrogen-bond acceptors (Lipinski definition) is 5. The molecule has 1 heterocycles. The molecule has 1 fully saturated rings. The second-order valence-electron chi connectivity index (χ2n) is 5.00. The molecule has 1 aliphatic carbocycles. The molecule has 0 saturated heterocycles. The van der Waals surface area contributed by atoms with E-state index < -0.39 is 0 Å². The highest BCUT2D eigenvalue weighted by Gasteiger charge is 2.20. The van der Waals surface area contributed by atoms with E-state index in [1.807, 2.05) is 0 Å². The number of nitrogens with one attached hydrogen (secondary N) is 1. The van der Waals surface area contributed by atoms with E-state index in [0.29, 0.717) is 0 Å². The minimum absolute atomic E-state index is 0.756. The molecule has 1 N–H and O–H groups in total. The first-order chi connectivity index (χ1) is 8.15. The van der Waals surface area contributed by atoms with Crippen molar-refractivity contribution in [2.24, 2.45) is 0 Å². The fourth-order valence-electron chi connectivity index (χ4n) is 1.53. The predicted octanol–water partition coefficient (Wildman–Crippen LogP) is 1.39. The summed E-state index contributed by atoms with van der Waals surface area (Å²) in [4.78, 5) is 9.07. The van der Waals surface area contributed by atoms with Crippen molar-refractivity contribution < 1.29 is 0 Å². The van der Waals surface area contributed by atoms with Gasteiger partial charge in [-0.15, -0.1) is 11.3 Å². The molecule has 0 spiro atoms. The van der Waals surface area contributed by atoms with Crippen molar-refractivity contribution in [2.45, 2.75) is 25.4 Å². The molecule has 17 heavy (non-hydrogen) atoms. The molecule has 0 unspecified atom stereocenters. The lowest BCUT2D eigenvalue weighted by atomic mass is 10.5. The number of anilines is 1. The van der Waals surface area contributed by atoms with Crippen molar-refractivity contribution in [2.75, 3.05) is 39.1 Å². The Bertz CT molecular complexity index is 346. The molecule has 0 amide bonds. The summed E-state index contributed by atoms with van der Waals surface area (Å²) in [5, 5.41) is 6.78. The van der Waals surface area contributed by atoms with Crippen LogP contribution in [-0.4, -0.2) is 50.2 Å². The van der Waals surface area contributed by atoms with Gasteiger partial charge in [0.1, 0.15) is 0 Å². The van der Waals surface area contributed by atoms with Gasteiger partial charge in [0.05, 0.1) is 5.69 Å². The molecule has 1 aliphatic rings. The Morgan fingerprint density at radius 3 is 2.76 bits per heavy atom. The number of thiazole rings is 1. The zero-order valence-corrected chi connectivity index (χ0v) is 11.8. The normalized spacial score (nSPS) is 15.5. The van der Waals surface area contributed by atoms with Crippen LogP contribution >= 0.6 is 11.3 Å². The maximum absolute atomic E-state index is 4.65. The Balaban J connectivity index is 1.78. The van der Waals surface area contributed by atoms with Gasteiger partial charge in [0.25, 0.3) is 0 Å². The first-order valence-electron chi connectivity index (χ1n) is 6.19. The standard InChI is InChI=1S/C12H22N4S/c1-15(2)6-7-16(3)12-14-11(9-17-12)8-13-10-4-5-10/h9-10,13H,4-8H2,1-3H3. The molecule has 2 rings (SSSR count). The lowest BCUT2D eigenvalue weighted by Crippen LogP contribution is -2.28. The van der Waals surface area contributed by atoms with E-state index in [1.54, 1.807) is 11.3 Å². The molecule has 0 radical (unpaired) electrons. The van der Waals surface area contributed by atoms with E-state index >= 15 is 0 Å². The summed E-state index contributed by atoms with van der Waals surface area (Å²) in [6, 6.07) is 0.756. The zero-order chi connectivity index (χ0) is 12.3. The van der Waals surface area contributed by atoms with Crippen molar-refractivity contribution >= 4 is 16.5 Å². The van der Waals surface area contributed by atoms with Crippen LogP contribution in [0.4, 0.5) is 5.13 Å². The molecule has 1 aromatic rings. The third kappa shape index (κ3) is 4.26. The summed E-state index contributed by atoms with van der Waals surface area (Å²) in [5.74, 6) is 0. The van der Waals surface area contributed by atoms with Gasteiger partial charge in [0.15, 0.2) is 5.13 Å². The summed E-state index contributed by atoms with van der Waals surface area (Å²) in [5.41, 5.74) is 1.17. The Kier molecular flexibility index (Phi) is 4.36. The molecule has 0 atom stereocenters. The molecule has 0 bridgehead atoms. The Labute approximate surface area is 108 Å². The van der Waals surface area contributed by atoms with Crippen molar-refractivity contribution in [3.8, 4) is 0 Å². The van der Waals surface area contributed by atoms with Crippen LogP contribution in [0.5, 0.6) is 0 Å². The third-order valence-electron chi connectivity index (χ3n) is 2.90. The molecular weight excluding hydrogens is 232 g/mol. The maximum Gasteiger partial charge on any atom is 0.185 e. The highest BCUT2D eigenvalue weighted by Crippen LogP contribution is 2.22. The van der Waals surface area contributed by atoms with Gasteiger partial charge in [-0.05, 0) is 26.9 Å². The zero-order valence-electron chi connectivity index (χ0n) is 10.9. The van der Waals surface area contributed by atoms with Gasteiger partial charge < -0.3 is 15.1 Å². The monoisotopic (exact) mass is 254 g/mol. The maximum atomic E-state index is 4.65. The fourth-order valence-corrected chi connectivity index (χ4v) is 2.35. The average molecular weight is 254 g/mol. The van der Waals surface area contributed by atoms with E-state index in [1.165, 1.54) is 18.5 Å². The fraction of sp³-hybridized carbons (Fsp3) is 0.750. The molecule has 1 aromatic heterocycles. The van der Waals surface area contributed by atoms with Crippen LogP contribution in [0.25, 0.3) is 0 Å². The molecule has 4 nitrogen and oxygen atoms in total. The summed E-state index contributed by atoms with van der Waals surface area (Å²) in [6.07, 6.45) is 2.67. The van der Waals surface area contributed by atoms with Crippen molar-refractivity contribution in [1.29, 1.82) is 0 Å². The topological polar surface area (TPSA) is 31.4 Å². The summed E-state index contributed by atoms with van der Waals surface area (Å²) in [6.45, 7) is 3.00. The molecule has 5 heteroatoms. The highest BCUT2D eigenvalue weighted by molar-refractivity contribution is 7.13. The van der Waals surface area contributed by atoms with Gasteiger partial charge in [0, 0.05) is 38.1 Å². The van der Waals surface area contributed by atoms with Gasteiger partial charge in [0.2, 0.25) is 0 Å². The smallest absolute Gasteiger partial charge is 0.185 e. The van der Waals surface area contributed by atoms with Crippen LogP contribution in [-0.2, 0) is 6.54 Å². The van der Waals surface area contributed by atoms with Gasteiger partial charge in [-0.3, -0.25) is 0 Å². The second kappa shape index (κ2) is 5.80. The number of aromatic nitrogens is 1. The van der Waals surface area contributed by atoms with Gasteiger partial charge in [-0.25, -0.2) is 4.98 Å². The first kappa shape index (κ1) is 12.8. The van der Waals surface area contributed by atoms with E-state index in [2.05, 4.69) is 46.6 Å². The molecule has 0 aliphatic heterocycles. The van der Waals surface area contributed by atoms with Crippen LogP contribution in [0, 0.1) is 0 Å². The first-order valence-corrected chi connectivity index (χ1v) is 7.07. The third-order valence-corrected chi connectivity index (χ3v) is 3.90. The van der Waals surface area contributed by atoms with Gasteiger partial charge >= 0.3 is 0 Å². The summed E-state index contributed by atoms with van der Waals surface area (Å²) < 4.78 is 0. The minimum atomic E-state index is 0.756. The second-order valence-corrected chi connectivity index (χ2v) is 5.84. The Morgan fingerprint density at radius 1 is 1.35 bits per heavy atom. The van der Waals surface area contributed by atoms with Crippen molar-refractivity contribution in [1.82, 2.24) is 15.2 Å². The lowest BCUT2D eigenvalue weighted by Gasteiger charge is -2.18. The van der Waals surface area contributed by atoms with E-state index in [-0.39, 0.29) is 0 Å². The lowest BCUT2D eigenvalue weighted by molar-refractivity contribution is 0.416. The highest BCUT2D eigenvalue weighted by atomic mass is 32.1. The number of rotatable bonds is 7. The number of hydrogen-bond donors (Lipinski definition) is 1. The Hall–Kier alpha value is -0.650. The van der Waals surface area contributed by atoms with Crippen LogP contribution in [0.15, 0.2) is 5.38 Å². The quantitative estimate of drug-likeness (QED) is 0.797. The predicted molar refractivity (Wildman–Crippen MR) is 73.8 cm³/mol. The number of nitrogens with zero attached hydrogens (tertiary/aromatic N) is 3. The van der Waals surface area contributed by atoms with Crippen LogP contribution < -0.4 is 10.2 Å². The van der Waals surface area contributed by atoms with Crippen LogP contribution in [0.1, 0.15) is 18.5 Å². The van der Waals surface area contributed by atoms with Crippen LogP contribution in [0.3, 0.4) is 0 Å². The number of likely N-dealkylation sites (N-methyl/N-ethyl adjacent to an activating group) is 2. The van der Waals surface area contributed by atoms with Crippen LogP contribution in [0.2, 0.25) is 0 Å². The van der Waals surface area contributed by atoms with Gasteiger partial charge in [-0.1, -0.05) is 0 Å². The minimum Gasteiger partial charge on any atom is -0.350 e. The molecular formula is C12H22N4S. The largest absolute Gasteiger partial charge is 0.350 e. The van der Waals surface area contributed by atoms with Gasteiger partial charge in [-0.2, -0.15) is 0 Å². The van der Waals surface area contributed by atoms with Crippen molar-refractivity contribution in [3.63, 3.8) is 0 Å². The average Bonchev–Trinajstić information content (AvgIpc) is 3.00. The molecule has 0 aromatic carbocycles. The molecule has 96 valence electrons. The molecule has 1 saturated carbocycles.